The molecular weight excluding hydrogens is 394 g/mol. The Morgan fingerprint density at radius 3 is 2.28 bits per heavy atom. The van der Waals surface area contributed by atoms with Gasteiger partial charge in [-0.05, 0) is 58.7 Å². The summed E-state index contributed by atoms with van der Waals surface area (Å²) in [7, 11) is 0. The lowest BCUT2D eigenvalue weighted by atomic mass is 9.90. The molecule has 3 aromatic rings. The highest BCUT2D eigenvalue weighted by molar-refractivity contribution is 5.78. The first-order valence-electron chi connectivity index (χ1n) is 11.5. The van der Waals surface area contributed by atoms with E-state index < -0.39 is 0 Å². The summed E-state index contributed by atoms with van der Waals surface area (Å²) >= 11 is 0. The van der Waals surface area contributed by atoms with Crippen LogP contribution in [0.3, 0.4) is 0 Å². The van der Waals surface area contributed by atoms with Gasteiger partial charge < -0.3 is 4.74 Å². The van der Waals surface area contributed by atoms with Crippen molar-refractivity contribution >= 4 is 6.08 Å². The van der Waals surface area contributed by atoms with Crippen molar-refractivity contribution in [1.29, 1.82) is 0 Å². The average molecular weight is 424 g/mol. The second-order valence-corrected chi connectivity index (χ2v) is 8.55. The molecule has 3 nitrogen and oxygen atoms in total. The van der Waals surface area contributed by atoms with Crippen molar-refractivity contribution in [2.45, 2.75) is 37.9 Å². The fourth-order valence-electron chi connectivity index (χ4n) is 4.66. The molecule has 0 saturated carbocycles. The van der Waals surface area contributed by atoms with E-state index in [4.69, 9.17) is 9.57 Å². The topological polar surface area (TPSA) is 30.5 Å². The van der Waals surface area contributed by atoms with Gasteiger partial charge in [0.1, 0.15) is 0 Å². The van der Waals surface area contributed by atoms with E-state index in [0.29, 0.717) is 11.6 Å². The van der Waals surface area contributed by atoms with Gasteiger partial charge in [-0.25, -0.2) is 4.84 Å². The van der Waals surface area contributed by atoms with E-state index in [9.17, 15) is 0 Å². The van der Waals surface area contributed by atoms with Crippen LogP contribution in [-0.4, -0.2) is 12.9 Å². The maximum Gasteiger partial charge on any atom is 0.183 e. The van der Waals surface area contributed by atoms with Gasteiger partial charge in [-0.3, -0.25) is 5.48 Å². The minimum atomic E-state index is -0.181. The molecule has 1 N–H and O–H groups in total. The highest BCUT2D eigenvalue weighted by atomic mass is 16.8. The zero-order valence-electron chi connectivity index (χ0n) is 18.3. The Morgan fingerprint density at radius 2 is 1.62 bits per heavy atom. The second kappa shape index (κ2) is 9.56. The van der Waals surface area contributed by atoms with Crippen molar-refractivity contribution in [2.75, 3.05) is 6.61 Å². The van der Waals surface area contributed by atoms with Crippen molar-refractivity contribution in [3.8, 4) is 11.1 Å². The van der Waals surface area contributed by atoms with Crippen LogP contribution in [-0.2, 0) is 16.0 Å². The van der Waals surface area contributed by atoms with Gasteiger partial charge in [0.15, 0.2) is 6.29 Å². The molecule has 3 heteroatoms. The van der Waals surface area contributed by atoms with Crippen molar-refractivity contribution in [2.24, 2.45) is 0 Å². The Kier molecular flexibility index (Phi) is 6.20. The molecule has 1 aliphatic heterocycles. The first-order chi connectivity index (χ1) is 15.8. The van der Waals surface area contributed by atoms with E-state index in [1.54, 1.807) is 0 Å². The van der Waals surface area contributed by atoms with Crippen LogP contribution in [0, 0.1) is 0 Å². The monoisotopic (exact) mass is 423 g/mol. The predicted molar refractivity (Wildman–Crippen MR) is 130 cm³/mol. The molecule has 1 atom stereocenters. The molecule has 0 amide bonds. The zero-order chi connectivity index (χ0) is 21.8. The van der Waals surface area contributed by atoms with Crippen LogP contribution in [0.1, 0.15) is 47.4 Å². The molecule has 1 fully saturated rings. The fourth-order valence-corrected chi connectivity index (χ4v) is 4.66. The molecule has 0 radical (unpaired) electrons. The highest BCUT2D eigenvalue weighted by Gasteiger charge is 2.27. The molecule has 0 bridgehead atoms. The maximum atomic E-state index is 5.56. The lowest BCUT2D eigenvalue weighted by Crippen LogP contribution is -2.28. The molecule has 1 heterocycles. The van der Waals surface area contributed by atoms with E-state index >= 15 is 0 Å². The van der Waals surface area contributed by atoms with Gasteiger partial charge in [0.2, 0.25) is 0 Å². The summed E-state index contributed by atoms with van der Waals surface area (Å²) in [6.45, 7) is 4.77. The summed E-state index contributed by atoms with van der Waals surface area (Å²) in [5.74, 6) is 0.409. The van der Waals surface area contributed by atoms with Crippen LogP contribution in [0.5, 0.6) is 0 Å². The number of allylic oxidation sites excluding steroid dienone is 1. The van der Waals surface area contributed by atoms with E-state index in [-0.39, 0.29) is 6.29 Å². The van der Waals surface area contributed by atoms with Gasteiger partial charge in [-0.1, -0.05) is 85.5 Å². The van der Waals surface area contributed by atoms with Crippen molar-refractivity contribution in [3.63, 3.8) is 0 Å². The van der Waals surface area contributed by atoms with Gasteiger partial charge in [-0.2, -0.15) is 0 Å². The van der Waals surface area contributed by atoms with Crippen LogP contribution in [0.4, 0.5) is 0 Å². The second-order valence-electron chi connectivity index (χ2n) is 8.55. The quantitative estimate of drug-likeness (QED) is 0.342. The van der Waals surface area contributed by atoms with Crippen LogP contribution >= 0.6 is 0 Å². The molecule has 32 heavy (non-hydrogen) atoms. The minimum absolute atomic E-state index is 0.181. The molecule has 1 unspecified atom stereocenters. The molecule has 162 valence electrons. The molecular formula is C29H29NO2. The van der Waals surface area contributed by atoms with Crippen LogP contribution in [0.15, 0.2) is 91.1 Å². The van der Waals surface area contributed by atoms with Crippen LogP contribution in [0.25, 0.3) is 17.2 Å². The third kappa shape index (κ3) is 4.55. The number of benzene rings is 3. The third-order valence-corrected chi connectivity index (χ3v) is 6.32. The third-order valence-electron chi connectivity index (χ3n) is 6.32. The number of ether oxygens (including phenoxy) is 1. The lowest BCUT2D eigenvalue weighted by Gasteiger charge is -2.22. The zero-order valence-corrected chi connectivity index (χ0v) is 18.3. The maximum absolute atomic E-state index is 5.56. The van der Waals surface area contributed by atoms with Crippen LogP contribution < -0.4 is 5.48 Å². The number of hydroxylamine groups is 1. The SMILES string of the molecule is C=C(/C=C/c1ccc(CC2c3ccccc3-c3ccccc32)cc1)NOC1CCCCO1. The van der Waals surface area contributed by atoms with Gasteiger partial charge in [0, 0.05) is 18.9 Å². The molecule has 1 saturated heterocycles. The summed E-state index contributed by atoms with van der Waals surface area (Å²) in [4.78, 5) is 5.56. The van der Waals surface area contributed by atoms with E-state index in [1.165, 1.54) is 27.8 Å². The fraction of sp³-hybridized carbons (Fsp3) is 0.241. The minimum Gasteiger partial charge on any atom is -0.350 e. The predicted octanol–water partition coefficient (Wildman–Crippen LogP) is 6.62. The smallest absolute Gasteiger partial charge is 0.183 e. The molecule has 2 aliphatic rings. The van der Waals surface area contributed by atoms with Crippen molar-refractivity contribution in [1.82, 2.24) is 5.48 Å². The summed E-state index contributed by atoms with van der Waals surface area (Å²) < 4.78 is 5.55. The Hall–Kier alpha value is -3.14. The molecule has 1 aliphatic carbocycles. The first-order valence-corrected chi connectivity index (χ1v) is 11.5. The Morgan fingerprint density at radius 1 is 0.938 bits per heavy atom. The summed E-state index contributed by atoms with van der Waals surface area (Å²) in [5, 5.41) is 0. The number of rotatable bonds is 7. The van der Waals surface area contributed by atoms with E-state index in [0.717, 1.165) is 37.9 Å². The summed E-state index contributed by atoms with van der Waals surface area (Å²) in [6.07, 6.45) is 7.96. The largest absolute Gasteiger partial charge is 0.350 e. The number of hydrogen-bond donors (Lipinski definition) is 1. The Labute approximate surface area is 190 Å². The molecule has 5 rings (SSSR count). The first kappa shape index (κ1) is 20.7. The molecule has 0 spiro atoms. The van der Waals surface area contributed by atoms with Crippen LogP contribution in [0.2, 0.25) is 0 Å². The van der Waals surface area contributed by atoms with Gasteiger partial charge in [-0.15, -0.1) is 0 Å². The van der Waals surface area contributed by atoms with Gasteiger partial charge >= 0.3 is 0 Å². The highest BCUT2D eigenvalue weighted by Crippen LogP contribution is 2.45. The van der Waals surface area contributed by atoms with Gasteiger partial charge in [0.25, 0.3) is 0 Å². The molecule has 3 aromatic carbocycles. The standard InChI is InChI=1S/C29H29NO2/c1-21(30-32-29-12-6-7-19-31-29)13-14-22-15-17-23(18-16-22)20-28-26-10-4-2-8-24(26)25-9-3-5-11-27(25)28/h2-5,8-11,13-18,28-30H,1,6-7,12,19-20H2/b14-13+. The normalized spacial score (nSPS) is 17.8. The summed E-state index contributed by atoms with van der Waals surface area (Å²) in [5.41, 5.74) is 11.7. The van der Waals surface area contributed by atoms with E-state index in [2.05, 4.69) is 84.9 Å². The Bertz CT molecular complexity index is 1060. The van der Waals surface area contributed by atoms with E-state index in [1.807, 2.05) is 12.2 Å². The lowest BCUT2D eigenvalue weighted by molar-refractivity contribution is -0.189. The van der Waals surface area contributed by atoms with Gasteiger partial charge in [0.05, 0.1) is 5.70 Å². The average Bonchev–Trinajstić information content (AvgIpc) is 3.17. The Balaban J connectivity index is 1.22. The number of nitrogens with one attached hydrogen (secondary N) is 1. The summed E-state index contributed by atoms with van der Waals surface area (Å²) in [6, 6.07) is 26.4. The number of hydrogen-bond acceptors (Lipinski definition) is 3. The van der Waals surface area contributed by atoms with Crippen molar-refractivity contribution < 1.29 is 9.57 Å². The van der Waals surface area contributed by atoms with Crippen molar-refractivity contribution in [3.05, 3.63) is 113 Å². The molecule has 0 aromatic heterocycles. The number of fused-ring (bicyclic) bond motifs is 3.